The monoisotopic (exact) mass is 542 g/mol. The molecule has 0 radical (unpaired) electrons. The van der Waals surface area contributed by atoms with Crippen molar-refractivity contribution in [3.05, 3.63) is 81.9 Å². The molecule has 0 bridgehead atoms. The summed E-state index contributed by atoms with van der Waals surface area (Å²) in [7, 11) is 0. The number of rotatable bonds is 7. The van der Waals surface area contributed by atoms with Crippen LogP contribution in [0.1, 0.15) is 53.2 Å². The van der Waals surface area contributed by atoms with Crippen molar-refractivity contribution in [1.29, 1.82) is 0 Å². The lowest BCUT2D eigenvalue weighted by molar-refractivity contribution is -0.138. The van der Waals surface area contributed by atoms with Crippen LogP contribution in [0.3, 0.4) is 0 Å². The predicted molar refractivity (Wildman–Crippen MR) is 128 cm³/mol. The summed E-state index contributed by atoms with van der Waals surface area (Å²) in [4.78, 5) is 26.7. The molecular formula is C26H28F6N4O2. The van der Waals surface area contributed by atoms with Crippen molar-refractivity contribution < 1.29 is 31.1 Å². The molecular weight excluding hydrogens is 514 g/mol. The molecule has 1 saturated carbocycles. The number of alkyl halides is 6. The average molecular weight is 543 g/mol. The highest BCUT2D eigenvalue weighted by Crippen LogP contribution is 2.34. The molecule has 206 valence electrons. The van der Waals surface area contributed by atoms with Crippen molar-refractivity contribution in [3.8, 4) is 0 Å². The van der Waals surface area contributed by atoms with Gasteiger partial charge in [-0.1, -0.05) is 12.6 Å². The summed E-state index contributed by atoms with van der Waals surface area (Å²) >= 11 is 0. The van der Waals surface area contributed by atoms with E-state index in [0.717, 1.165) is 56.4 Å². The summed E-state index contributed by atoms with van der Waals surface area (Å²) in [6.07, 6.45) is -5.40. The average Bonchev–Trinajstić information content (AvgIpc) is 2.84. The number of amides is 1. The highest BCUT2D eigenvalue weighted by atomic mass is 19.4. The van der Waals surface area contributed by atoms with Gasteiger partial charge < -0.3 is 15.2 Å². The molecule has 1 aromatic carbocycles. The molecule has 1 aliphatic heterocycles. The van der Waals surface area contributed by atoms with Gasteiger partial charge in [0.15, 0.2) is 0 Å². The first-order valence-electron chi connectivity index (χ1n) is 12.2. The fourth-order valence-corrected chi connectivity index (χ4v) is 5.03. The van der Waals surface area contributed by atoms with Crippen molar-refractivity contribution in [2.45, 2.75) is 56.2 Å². The van der Waals surface area contributed by atoms with Crippen molar-refractivity contribution >= 4 is 5.91 Å². The van der Waals surface area contributed by atoms with E-state index >= 15 is 0 Å². The standard InChI is InChI=1S/C26H28F6N4O2/c1-16(12-33-24(38)17-3-2-4-18(11-17)25(27,28)29)34-20-14-35(15-20)21-6-8-22(9-7-21)36-13-19(26(30,31)32)5-10-23(36)37/h2-5,10-11,13,20-22,34H,1,6-9,12,14-15H2,(H,33,38). The minimum Gasteiger partial charge on any atom is -0.382 e. The summed E-state index contributed by atoms with van der Waals surface area (Å²) in [5.74, 6) is -0.633. The van der Waals surface area contributed by atoms with Gasteiger partial charge in [0.2, 0.25) is 0 Å². The Hall–Kier alpha value is -3.28. The maximum atomic E-state index is 13.0. The topological polar surface area (TPSA) is 66.4 Å². The Kier molecular flexibility index (Phi) is 7.91. The fraction of sp³-hybridized carbons (Fsp3) is 0.462. The molecule has 2 aromatic rings. The minimum atomic E-state index is -4.53. The molecule has 12 heteroatoms. The summed E-state index contributed by atoms with van der Waals surface area (Å²) in [6, 6.07) is 6.05. The van der Waals surface area contributed by atoms with E-state index in [-0.39, 0.29) is 30.2 Å². The van der Waals surface area contributed by atoms with Gasteiger partial charge in [0, 0.05) is 48.7 Å². The number of pyridine rings is 1. The number of nitrogens with one attached hydrogen (secondary N) is 2. The van der Waals surface area contributed by atoms with E-state index in [0.29, 0.717) is 18.5 Å². The van der Waals surface area contributed by atoms with Crippen LogP contribution in [0.4, 0.5) is 26.3 Å². The van der Waals surface area contributed by atoms with Gasteiger partial charge in [-0.15, -0.1) is 0 Å². The van der Waals surface area contributed by atoms with Crippen LogP contribution in [0.15, 0.2) is 59.7 Å². The van der Waals surface area contributed by atoms with Crippen molar-refractivity contribution in [2.75, 3.05) is 19.6 Å². The molecule has 4 rings (SSSR count). The Morgan fingerprint density at radius 1 is 0.921 bits per heavy atom. The van der Waals surface area contributed by atoms with Crippen LogP contribution in [0.25, 0.3) is 0 Å². The highest BCUT2D eigenvalue weighted by Gasteiger charge is 2.36. The van der Waals surface area contributed by atoms with Crippen LogP contribution < -0.4 is 16.2 Å². The molecule has 2 heterocycles. The first kappa shape index (κ1) is 27.7. The largest absolute Gasteiger partial charge is 0.417 e. The van der Waals surface area contributed by atoms with Gasteiger partial charge in [-0.05, 0) is 49.9 Å². The van der Waals surface area contributed by atoms with Crippen molar-refractivity contribution in [1.82, 2.24) is 20.1 Å². The number of carbonyl (C=O) groups is 1. The zero-order valence-corrected chi connectivity index (χ0v) is 20.4. The summed E-state index contributed by atoms with van der Waals surface area (Å²) < 4.78 is 78.9. The number of aromatic nitrogens is 1. The van der Waals surface area contributed by atoms with Crippen LogP contribution >= 0.6 is 0 Å². The third-order valence-corrected chi connectivity index (χ3v) is 7.07. The molecule has 1 aliphatic carbocycles. The van der Waals surface area contributed by atoms with E-state index < -0.39 is 34.9 Å². The Balaban J connectivity index is 1.19. The quantitative estimate of drug-likeness (QED) is 0.503. The second-order valence-corrected chi connectivity index (χ2v) is 9.78. The Bertz CT molecular complexity index is 1230. The van der Waals surface area contributed by atoms with E-state index in [1.807, 2.05) is 0 Å². The van der Waals surface area contributed by atoms with Gasteiger partial charge >= 0.3 is 12.4 Å². The summed E-state index contributed by atoms with van der Waals surface area (Å²) in [5, 5.41) is 5.77. The van der Waals surface area contributed by atoms with Gasteiger partial charge in [0.1, 0.15) is 0 Å². The fourth-order valence-electron chi connectivity index (χ4n) is 5.03. The third-order valence-electron chi connectivity index (χ3n) is 7.07. The van der Waals surface area contributed by atoms with E-state index in [4.69, 9.17) is 0 Å². The molecule has 2 aliphatic rings. The first-order chi connectivity index (χ1) is 17.8. The van der Waals surface area contributed by atoms with E-state index in [1.165, 1.54) is 16.7 Å². The summed E-state index contributed by atoms with van der Waals surface area (Å²) in [6.45, 7) is 5.38. The molecule has 1 aromatic heterocycles. The van der Waals surface area contributed by atoms with Gasteiger partial charge in [0.05, 0.1) is 23.7 Å². The number of likely N-dealkylation sites (tertiary alicyclic amines) is 1. The lowest BCUT2D eigenvalue weighted by Gasteiger charge is -2.47. The summed E-state index contributed by atoms with van der Waals surface area (Å²) in [5.41, 5.74) is -1.73. The number of benzene rings is 1. The second-order valence-electron chi connectivity index (χ2n) is 9.78. The highest BCUT2D eigenvalue weighted by molar-refractivity contribution is 5.94. The second kappa shape index (κ2) is 10.8. The molecule has 1 saturated heterocycles. The lowest BCUT2D eigenvalue weighted by atomic mass is 9.87. The zero-order chi connectivity index (χ0) is 27.7. The van der Waals surface area contributed by atoms with Crippen LogP contribution in [-0.4, -0.2) is 47.1 Å². The number of nitrogens with zero attached hydrogens (tertiary/aromatic N) is 2. The SMILES string of the molecule is C=C(CNC(=O)c1cccc(C(F)(F)F)c1)NC1CN(C2CCC(n3cc(C(F)(F)F)ccc3=O)CC2)C1. The number of carbonyl (C=O) groups excluding carboxylic acids is 1. The van der Waals surface area contributed by atoms with Crippen LogP contribution in [0.2, 0.25) is 0 Å². The van der Waals surface area contributed by atoms with E-state index in [9.17, 15) is 35.9 Å². The normalized spacial score (nSPS) is 21.0. The molecule has 0 spiro atoms. The maximum absolute atomic E-state index is 13.0. The predicted octanol–water partition coefficient (Wildman–Crippen LogP) is 4.59. The number of hydrogen-bond donors (Lipinski definition) is 2. The molecule has 1 amide bonds. The van der Waals surface area contributed by atoms with Gasteiger partial charge in [-0.2, -0.15) is 26.3 Å². The Morgan fingerprint density at radius 2 is 1.55 bits per heavy atom. The van der Waals surface area contributed by atoms with Crippen molar-refractivity contribution in [3.63, 3.8) is 0 Å². The molecule has 38 heavy (non-hydrogen) atoms. The van der Waals surface area contributed by atoms with E-state index in [2.05, 4.69) is 22.1 Å². The van der Waals surface area contributed by atoms with Crippen LogP contribution in [0.5, 0.6) is 0 Å². The lowest BCUT2D eigenvalue weighted by Crippen LogP contribution is -2.61. The zero-order valence-electron chi connectivity index (χ0n) is 20.4. The molecule has 6 nitrogen and oxygen atoms in total. The van der Waals surface area contributed by atoms with Gasteiger partial charge in [-0.3, -0.25) is 14.5 Å². The molecule has 2 fully saturated rings. The minimum absolute atomic E-state index is 0.0580. The van der Waals surface area contributed by atoms with Crippen LogP contribution in [0, 0.1) is 0 Å². The molecule has 0 atom stereocenters. The van der Waals surface area contributed by atoms with Gasteiger partial charge in [-0.25, -0.2) is 0 Å². The Labute approximate surface area is 215 Å². The van der Waals surface area contributed by atoms with Crippen molar-refractivity contribution in [2.24, 2.45) is 0 Å². The smallest absolute Gasteiger partial charge is 0.382 e. The maximum Gasteiger partial charge on any atom is 0.417 e. The Morgan fingerprint density at radius 3 is 2.18 bits per heavy atom. The third kappa shape index (κ3) is 6.58. The van der Waals surface area contributed by atoms with Gasteiger partial charge in [0.25, 0.3) is 11.5 Å². The number of hydrogen-bond acceptors (Lipinski definition) is 4. The number of halogens is 6. The van der Waals surface area contributed by atoms with E-state index in [1.54, 1.807) is 0 Å². The van der Waals surface area contributed by atoms with Crippen LogP contribution in [-0.2, 0) is 12.4 Å². The first-order valence-corrected chi connectivity index (χ1v) is 12.2. The molecule has 2 N–H and O–H groups in total. The molecule has 0 unspecified atom stereocenters.